The number of carbonyl (C=O) groups excluding carboxylic acids is 1. The molecule has 0 heterocycles. The van der Waals surface area contributed by atoms with E-state index in [1.54, 1.807) is 12.2 Å². The molecule has 1 amide bonds. The molecule has 0 atom stereocenters. The number of hydrogen-bond donors (Lipinski definition) is 2. The smallest absolute Gasteiger partial charge is 0.407 e. The van der Waals surface area contributed by atoms with Crippen LogP contribution in [0.4, 0.5) is 9.18 Å². The Labute approximate surface area is 178 Å². The van der Waals surface area contributed by atoms with Crippen molar-refractivity contribution in [1.82, 2.24) is 5.32 Å². The van der Waals surface area contributed by atoms with Crippen LogP contribution in [-0.4, -0.2) is 30.3 Å². The summed E-state index contributed by atoms with van der Waals surface area (Å²) in [5.41, 5.74) is 4.73. The molecule has 0 saturated carbocycles. The second-order valence-electron chi connectivity index (χ2n) is 7.15. The lowest BCUT2D eigenvalue weighted by Gasteiger charge is -2.14. The molecule has 0 radical (unpaired) electrons. The maximum Gasteiger partial charge on any atom is 0.407 e. The molecule has 0 spiro atoms. The molecule has 3 aromatic rings. The average molecular weight is 417 g/mol. The molecular formula is C25H20FNO4. The van der Waals surface area contributed by atoms with Gasteiger partial charge in [0.1, 0.15) is 12.4 Å². The lowest BCUT2D eigenvalue weighted by atomic mass is 9.98. The van der Waals surface area contributed by atoms with E-state index in [-0.39, 0.29) is 19.1 Å². The summed E-state index contributed by atoms with van der Waals surface area (Å²) in [6.45, 7) is 0.417. The number of fused-ring (bicyclic) bond motifs is 3. The van der Waals surface area contributed by atoms with Crippen molar-refractivity contribution in [2.24, 2.45) is 0 Å². The highest BCUT2D eigenvalue weighted by Crippen LogP contribution is 2.44. The summed E-state index contributed by atoms with van der Waals surface area (Å²) in [5.74, 6) is -2.13. The average Bonchev–Trinajstić information content (AvgIpc) is 3.10. The lowest BCUT2D eigenvalue weighted by molar-refractivity contribution is 0.0691. The SMILES string of the molecule is O=C(NCC=Cc1ccc(F)c(C(=O)O)c1)OCC1c2ccccc2-c2ccccc21. The maximum atomic E-state index is 13.4. The molecule has 6 heteroatoms. The highest BCUT2D eigenvalue weighted by Gasteiger charge is 2.28. The van der Waals surface area contributed by atoms with Gasteiger partial charge in [0.25, 0.3) is 0 Å². The number of carbonyl (C=O) groups is 2. The number of amides is 1. The normalized spacial score (nSPS) is 12.4. The Balaban J connectivity index is 1.33. The number of carboxylic acids is 1. The van der Waals surface area contributed by atoms with Gasteiger partial charge in [-0.15, -0.1) is 0 Å². The van der Waals surface area contributed by atoms with E-state index < -0.39 is 23.4 Å². The van der Waals surface area contributed by atoms with Crippen molar-refractivity contribution >= 4 is 18.1 Å². The van der Waals surface area contributed by atoms with E-state index in [0.29, 0.717) is 5.56 Å². The number of aromatic carboxylic acids is 1. The van der Waals surface area contributed by atoms with Gasteiger partial charge >= 0.3 is 12.1 Å². The van der Waals surface area contributed by atoms with Gasteiger partial charge < -0.3 is 15.2 Å². The molecule has 4 rings (SSSR count). The van der Waals surface area contributed by atoms with Gasteiger partial charge in [-0.05, 0) is 39.9 Å². The number of carboxylic acid groups (broad SMARTS) is 1. The van der Waals surface area contributed by atoms with Crippen LogP contribution in [0.5, 0.6) is 0 Å². The topological polar surface area (TPSA) is 75.6 Å². The lowest BCUT2D eigenvalue weighted by Crippen LogP contribution is -2.26. The van der Waals surface area contributed by atoms with Gasteiger partial charge in [0.15, 0.2) is 0 Å². The number of hydrogen-bond acceptors (Lipinski definition) is 3. The molecule has 1 aliphatic carbocycles. The first-order chi connectivity index (χ1) is 15.0. The number of ether oxygens (including phenoxy) is 1. The van der Waals surface area contributed by atoms with Crippen molar-refractivity contribution in [3.05, 3.63) is 101 Å². The quantitative estimate of drug-likeness (QED) is 0.587. The molecular weight excluding hydrogens is 397 g/mol. The van der Waals surface area contributed by atoms with Crippen LogP contribution >= 0.6 is 0 Å². The van der Waals surface area contributed by atoms with Crippen molar-refractivity contribution in [3.63, 3.8) is 0 Å². The van der Waals surface area contributed by atoms with E-state index in [2.05, 4.69) is 29.6 Å². The summed E-state index contributed by atoms with van der Waals surface area (Å²) >= 11 is 0. The largest absolute Gasteiger partial charge is 0.478 e. The van der Waals surface area contributed by atoms with Crippen molar-refractivity contribution in [2.75, 3.05) is 13.2 Å². The molecule has 0 fully saturated rings. The number of halogens is 1. The van der Waals surface area contributed by atoms with Crippen LogP contribution in [0.1, 0.15) is 33.0 Å². The summed E-state index contributed by atoms with van der Waals surface area (Å²) in [7, 11) is 0. The van der Waals surface area contributed by atoms with E-state index in [0.717, 1.165) is 28.3 Å². The fraction of sp³-hybridized carbons (Fsp3) is 0.120. The van der Waals surface area contributed by atoms with E-state index in [1.165, 1.54) is 12.1 Å². The van der Waals surface area contributed by atoms with Crippen LogP contribution in [0.15, 0.2) is 72.8 Å². The number of nitrogens with one attached hydrogen (secondary N) is 1. The Morgan fingerprint density at radius 1 is 1.00 bits per heavy atom. The number of alkyl carbamates (subject to hydrolysis) is 1. The zero-order valence-corrected chi connectivity index (χ0v) is 16.5. The molecule has 1 aliphatic rings. The monoisotopic (exact) mass is 417 g/mol. The molecule has 5 nitrogen and oxygen atoms in total. The van der Waals surface area contributed by atoms with Gasteiger partial charge in [-0.2, -0.15) is 0 Å². The second-order valence-corrected chi connectivity index (χ2v) is 7.15. The summed E-state index contributed by atoms with van der Waals surface area (Å²) < 4.78 is 18.9. The Bertz CT molecular complexity index is 1130. The molecule has 0 bridgehead atoms. The zero-order chi connectivity index (χ0) is 21.8. The predicted molar refractivity (Wildman–Crippen MR) is 115 cm³/mol. The fourth-order valence-electron chi connectivity index (χ4n) is 3.80. The number of rotatable bonds is 6. The van der Waals surface area contributed by atoms with Crippen LogP contribution < -0.4 is 5.32 Å². The van der Waals surface area contributed by atoms with E-state index in [9.17, 15) is 14.0 Å². The molecule has 2 N–H and O–H groups in total. The van der Waals surface area contributed by atoms with Gasteiger partial charge in [0.05, 0.1) is 5.56 Å². The fourth-order valence-corrected chi connectivity index (χ4v) is 3.80. The third-order valence-electron chi connectivity index (χ3n) is 5.24. The minimum absolute atomic E-state index is 0.0117. The summed E-state index contributed by atoms with van der Waals surface area (Å²) in [4.78, 5) is 23.1. The van der Waals surface area contributed by atoms with Gasteiger partial charge in [-0.1, -0.05) is 66.7 Å². The van der Waals surface area contributed by atoms with Crippen molar-refractivity contribution in [1.29, 1.82) is 0 Å². The summed E-state index contributed by atoms with van der Waals surface area (Å²) in [5, 5.41) is 11.6. The van der Waals surface area contributed by atoms with Gasteiger partial charge in [0, 0.05) is 12.5 Å². The van der Waals surface area contributed by atoms with E-state index >= 15 is 0 Å². The van der Waals surface area contributed by atoms with E-state index in [4.69, 9.17) is 9.84 Å². The molecule has 0 aliphatic heterocycles. The van der Waals surface area contributed by atoms with Crippen LogP contribution in [0.3, 0.4) is 0 Å². The maximum absolute atomic E-state index is 13.4. The highest BCUT2D eigenvalue weighted by molar-refractivity contribution is 5.88. The Kier molecular flexibility index (Phi) is 5.80. The zero-order valence-electron chi connectivity index (χ0n) is 16.5. The van der Waals surface area contributed by atoms with Crippen molar-refractivity contribution in [3.8, 4) is 11.1 Å². The van der Waals surface area contributed by atoms with Gasteiger partial charge in [-0.3, -0.25) is 0 Å². The molecule has 3 aromatic carbocycles. The first kappa shape index (κ1) is 20.3. The van der Waals surface area contributed by atoms with Crippen molar-refractivity contribution < 1.29 is 23.8 Å². The molecule has 0 unspecified atom stereocenters. The third-order valence-corrected chi connectivity index (χ3v) is 5.24. The molecule has 156 valence electrons. The standard InChI is InChI=1S/C25H20FNO4/c26-23-12-11-16(14-21(23)24(28)29)6-5-13-27-25(30)31-15-22-19-9-3-1-7-17(19)18-8-2-4-10-20(18)22/h1-12,14,22H,13,15H2,(H,27,30)(H,28,29). The van der Waals surface area contributed by atoms with Gasteiger partial charge in [0.2, 0.25) is 0 Å². The van der Waals surface area contributed by atoms with Crippen LogP contribution in [0.2, 0.25) is 0 Å². The van der Waals surface area contributed by atoms with Crippen molar-refractivity contribution in [2.45, 2.75) is 5.92 Å². The first-order valence-electron chi connectivity index (χ1n) is 9.83. The van der Waals surface area contributed by atoms with Gasteiger partial charge in [-0.25, -0.2) is 14.0 Å². The second kappa shape index (κ2) is 8.83. The highest BCUT2D eigenvalue weighted by atomic mass is 19.1. The van der Waals surface area contributed by atoms with E-state index in [1.807, 2.05) is 24.3 Å². The first-order valence-corrected chi connectivity index (χ1v) is 9.83. The Morgan fingerprint density at radius 3 is 2.29 bits per heavy atom. The third kappa shape index (κ3) is 4.33. The number of benzene rings is 3. The molecule has 31 heavy (non-hydrogen) atoms. The minimum Gasteiger partial charge on any atom is -0.478 e. The van der Waals surface area contributed by atoms with Crippen LogP contribution in [-0.2, 0) is 4.74 Å². The summed E-state index contributed by atoms with van der Waals surface area (Å²) in [6, 6.07) is 20.0. The molecule has 0 aromatic heterocycles. The Morgan fingerprint density at radius 2 is 1.65 bits per heavy atom. The minimum atomic E-state index is -1.33. The predicted octanol–water partition coefficient (Wildman–Crippen LogP) is 5.08. The Hall–Kier alpha value is -3.93. The molecule has 0 saturated heterocycles. The summed E-state index contributed by atoms with van der Waals surface area (Å²) in [6.07, 6.45) is 2.70. The van der Waals surface area contributed by atoms with Crippen LogP contribution in [0.25, 0.3) is 17.2 Å². The van der Waals surface area contributed by atoms with Crippen LogP contribution in [0, 0.1) is 5.82 Å².